The molecule has 6 heteroatoms. The standard InChI is InChI=1S/C14H11F4NO/c15-11-2-1-3-12(8-11)19-9-10-4-6-13(7-5-10)20-14(16,17)18/h1-8,19H,9H2. The second kappa shape index (κ2) is 5.81. The lowest BCUT2D eigenvalue weighted by molar-refractivity contribution is -0.274. The number of ether oxygens (including phenoxy) is 1. The van der Waals surface area contributed by atoms with Gasteiger partial charge in [-0.15, -0.1) is 13.2 Å². The first-order valence-electron chi connectivity index (χ1n) is 5.76. The monoisotopic (exact) mass is 285 g/mol. The number of anilines is 1. The van der Waals surface area contributed by atoms with Gasteiger partial charge in [-0.1, -0.05) is 18.2 Å². The predicted molar refractivity (Wildman–Crippen MR) is 66.9 cm³/mol. The van der Waals surface area contributed by atoms with Crippen LogP contribution in [0.25, 0.3) is 0 Å². The van der Waals surface area contributed by atoms with Crippen LogP contribution in [0.2, 0.25) is 0 Å². The van der Waals surface area contributed by atoms with E-state index >= 15 is 0 Å². The van der Waals surface area contributed by atoms with Crippen LogP contribution < -0.4 is 10.1 Å². The molecule has 0 saturated heterocycles. The number of nitrogens with one attached hydrogen (secondary N) is 1. The van der Waals surface area contributed by atoms with Crippen molar-refractivity contribution in [3.63, 3.8) is 0 Å². The minimum atomic E-state index is -4.69. The van der Waals surface area contributed by atoms with Crippen LogP contribution in [0.15, 0.2) is 48.5 Å². The molecule has 0 radical (unpaired) electrons. The Bertz CT molecular complexity index is 566. The second-order valence-corrected chi connectivity index (χ2v) is 4.06. The molecule has 0 unspecified atom stereocenters. The highest BCUT2D eigenvalue weighted by Gasteiger charge is 2.30. The predicted octanol–water partition coefficient (Wildman–Crippen LogP) is 4.34. The van der Waals surface area contributed by atoms with Crippen molar-refractivity contribution in [2.75, 3.05) is 5.32 Å². The van der Waals surface area contributed by atoms with Crippen LogP contribution in [0.5, 0.6) is 5.75 Å². The molecule has 0 atom stereocenters. The van der Waals surface area contributed by atoms with Crippen LogP contribution >= 0.6 is 0 Å². The molecule has 0 aromatic heterocycles. The third kappa shape index (κ3) is 4.46. The lowest BCUT2D eigenvalue weighted by Gasteiger charge is -2.10. The van der Waals surface area contributed by atoms with Crippen molar-refractivity contribution in [1.82, 2.24) is 0 Å². The fourth-order valence-electron chi connectivity index (χ4n) is 1.61. The van der Waals surface area contributed by atoms with Gasteiger partial charge in [-0.3, -0.25) is 0 Å². The summed E-state index contributed by atoms with van der Waals surface area (Å²) < 4.78 is 52.6. The molecule has 0 bridgehead atoms. The van der Waals surface area contributed by atoms with Crippen molar-refractivity contribution in [3.05, 3.63) is 59.9 Å². The Morgan fingerprint density at radius 3 is 2.30 bits per heavy atom. The first kappa shape index (κ1) is 14.2. The van der Waals surface area contributed by atoms with Gasteiger partial charge < -0.3 is 10.1 Å². The molecule has 0 saturated carbocycles. The molecule has 0 heterocycles. The van der Waals surface area contributed by atoms with Crippen molar-refractivity contribution in [2.45, 2.75) is 12.9 Å². The van der Waals surface area contributed by atoms with Gasteiger partial charge >= 0.3 is 6.36 Å². The van der Waals surface area contributed by atoms with Gasteiger partial charge in [-0.05, 0) is 35.9 Å². The van der Waals surface area contributed by atoms with Crippen molar-refractivity contribution in [1.29, 1.82) is 0 Å². The van der Waals surface area contributed by atoms with Crippen LogP contribution in [0.4, 0.5) is 23.2 Å². The lowest BCUT2D eigenvalue weighted by atomic mass is 10.2. The van der Waals surface area contributed by atoms with Gasteiger partial charge in [-0.2, -0.15) is 0 Å². The van der Waals surface area contributed by atoms with Gasteiger partial charge in [-0.25, -0.2) is 4.39 Å². The molecule has 106 valence electrons. The van der Waals surface area contributed by atoms with Gasteiger partial charge in [0.1, 0.15) is 11.6 Å². The van der Waals surface area contributed by atoms with Crippen molar-refractivity contribution >= 4 is 5.69 Å². The van der Waals surface area contributed by atoms with E-state index in [0.717, 1.165) is 5.56 Å². The fraction of sp³-hybridized carbons (Fsp3) is 0.143. The van der Waals surface area contributed by atoms with Gasteiger partial charge in [0.05, 0.1) is 0 Å². The summed E-state index contributed by atoms with van der Waals surface area (Å²) in [7, 11) is 0. The summed E-state index contributed by atoms with van der Waals surface area (Å²) >= 11 is 0. The minimum absolute atomic E-state index is 0.271. The quantitative estimate of drug-likeness (QED) is 0.844. The van der Waals surface area contributed by atoms with E-state index in [1.807, 2.05) is 0 Å². The Hall–Kier alpha value is -2.24. The third-order valence-electron chi connectivity index (χ3n) is 2.48. The molecule has 0 aliphatic rings. The number of alkyl halides is 3. The van der Waals surface area contributed by atoms with Crippen molar-refractivity contribution in [3.8, 4) is 5.75 Å². The maximum atomic E-state index is 12.9. The highest BCUT2D eigenvalue weighted by Crippen LogP contribution is 2.23. The van der Waals surface area contributed by atoms with Crippen LogP contribution in [-0.4, -0.2) is 6.36 Å². The smallest absolute Gasteiger partial charge is 0.406 e. The average Bonchev–Trinajstić information content (AvgIpc) is 2.36. The molecule has 2 rings (SSSR count). The Balaban J connectivity index is 1.94. The largest absolute Gasteiger partial charge is 0.573 e. The number of benzene rings is 2. The Labute approximate surface area is 113 Å². The first-order chi connectivity index (χ1) is 9.42. The van der Waals surface area contributed by atoms with Crippen LogP contribution in [0, 0.1) is 5.82 Å². The zero-order valence-corrected chi connectivity index (χ0v) is 10.2. The number of rotatable bonds is 4. The molecule has 0 amide bonds. The molecular weight excluding hydrogens is 274 g/mol. The van der Waals surface area contributed by atoms with Gasteiger partial charge in [0.2, 0.25) is 0 Å². The Kier molecular flexibility index (Phi) is 4.12. The molecule has 0 fully saturated rings. The molecule has 0 spiro atoms. The zero-order valence-electron chi connectivity index (χ0n) is 10.2. The van der Waals surface area contributed by atoms with Crippen LogP contribution in [-0.2, 0) is 6.54 Å². The van der Waals surface area contributed by atoms with Crippen LogP contribution in [0.1, 0.15) is 5.56 Å². The summed E-state index contributed by atoms with van der Waals surface area (Å²) in [6.45, 7) is 0.371. The van der Waals surface area contributed by atoms with E-state index in [-0.39, 0.29) is 11.6 Å². The first-order valence-corrected chi connectivity index (χ1v) is 5.76. The summed E-state index contributed by atoms with van der Waals surface area (Å²) in [6, 6.07) is 11.4. The van der Waals surface area contributed by atoms with Crippen LogP contribution in [0.3, 0.4) is 0 Å². The van der Waals surface area contributed by atoms with E-state index in [1.54, 1.807) is 12.1 Å². The second-order valence-electron chi connectivity index (χ2n) is 4.06. The molecule has 2 aromatic carbocycles. The van der Waals surface area contributed by atoms with Crippen molar-refractivity contribution < 1.29 is 22.3 Å². The van der Waals surface area contributed by atoms with E-state index in [4.69, 9.17) is 0 Å². The van der Waals surface area contributed by atoms with E-state index in [1.165, 1.54) is 36.4 Å². The highest BCUT2D eigenvalue weighted by molar-refractivity contribution is 5.44. The summed E-state index contributed by atoms with van der Waals surface area (Å²) in [4.78, 5) is 0. The Morgan fingerprint density at radius 2 is 1.70 bits per heavy atom. The maximum Gasteiger partial charge on any atom is 0.573 e. The Morgan fingerprint density at radius 1 is 1.00 bits per heavy atom. The number of halogens is 4. The summed E-state index contributed by atoms with van der Waals surface area (Å²) in [5.74, 6) is -0.629. The molecule has 20 heavy (non-hydrogen) atoms. The van der Waals surface area contributed by atoms with E-state index in [9.17, 15) is 17.6 Å². The van der Waals surface area contributed by atoms with E-state index in [0.29, 0.717) is 12.2 Å². The summed E-state index contributed by atoms with van der Waals surface area (Å²) in [5.41, 5.74) is 1.35. The molecule has 0 aliphatic carbocycles. The average molecular weight is 285 g/mol. The number of hydrogen-bond acceptors (Lipinski definition) is 2. The maximum absolute atomic E-state index is 12.9. The van der Waals surface area contributed by atoms with Crippen molar-refractivity contribution in [2.24, 2.45) is 0 Å². The fourth-order valence-corrected chi connectivity index (χ4v) is 1.61. The molecule has 2 aromatic rings. The van der Waals surface area contributed by atoms with E-state index in [2.05, 4.69) is 10.1 Å². The summed E-state index contributed by atoms with van der Waals surface area (Å²) in [5, 5.41) is 2.97. The molecular formula is C14H11F4NO. The van der Waals surface area contributed by atoms with Gasteiger partial charge in [0.25, 0.3) is 0 Å². The topological polar surface area (TPSA) is 21.3 Å². The summed E-state index contributed by atoms with van der Waals surface area (Å²) in [6.07, 6.45) is -4.69. The van der Waals surface area contributed by atoms with Gasteiger partial charge in [0.15, 0.2) is 0 Å². The number of hydrogen-bond donors (Lipinski definition) is 1. The van der Waals surface area contributed by atoms with Gasteiger partial charge in [0, 0.05) is 12.2 Å². The molecule has 2 nitrogen and oxygen atoms in total. The lowest BCUT2D eigenvalue weighted by Crippen LogP contribution is -2.17. The third-order valence-corrected chi connectivity index (χ3v) is 2.48. The SMILES string of the molecule is Fc1cccc(NCc2ccc(OC(F)(F)F)cc2)c1. The van der Waals surface area contributed by atoms with E-state index < -0.39 is 6.36 Å². The highest BCUT2D eigenvalue weighted by atomic mass is 19.4. The normalized spacial score (nSPS) is 11.2. The zero-order chi connectivity index (χ0) is 14.6. The minimum Gasteiger partial charge on any atom is -0.406 e. The molecule has 1 N–H and O–H groups in total. The molecule has 0 aliphatic heterocycles.